The highest BCUT2D eigenvalue weighted by Gasteiger charge is 2.21. The fourth-order valence-corrected chi connectivity index (χ4v) is 2.86. The van der Waals surface area contributed by atoms with Crippen molar-refractivity contribution in [2.45, 2.75) is 13.0 Å². The number of carbonyl (C=O) groups excluding carboxylic acids is 2. The Morgan fingerprint density at radius 3 is 2.29 bits per heavy atom. The third kappa shape index (κ3) is 4.76. The predicted octanol–water partition coefficient (Wildman–Crippen LogP) is 4.69. The molecule has 0 saturated heterocycles. The molecule has 28 heavy (non-hydrogen) atoms. The van der Waals surface area contributed by atoms with Gasteiger partial charge in [0.1, 0.15) is 11.8 Å². The number of methoxy groups -OCH3 is 1. The standard InChI is InChI=1S/C23H22N2O3/c1-16(26)18-10-6-11-19(14-18)25-23(27)22(17-8-4-3-5-9-17)24-20-12-7-13-21(15-20)28-2/h3-15,22,24H,1-2H3,(H,25,27)/t22-/m1/s1. The first kappa shape index (κ1) is 19.2. The molecule has 3 aromatic rings. The van der Waals surface area contributed by atoms with Crippen LogP contribution in [0.5, 0.6) is 5.75 Å². The van der Waals surface area contributed by atoms with Gasteiger partial charge in [0.2, 0.25) is 0 Å². The van der Waals surface area contributed by atoms with Gasteiger partial charge < -0.3 is 15.4 Å². The molecule has 0 spiro atoms. The van der Waals surface area contributed by atoms with Crippen LogP contribution in [0.3, 0.4) is 0 Å². The molecular formula is C23H22N2O3. The van der Waals surface area contributed by atoms with Crippen molar-refractivity contribution in [3.8, 4) is 5.75 Å². The number of ketones is 1. The Labute approximate surface area is 164 Å². The number of hydrogen-bond donors (Lipinski definition) is 2. The molecule has 0 bridgehead atoms. The molecule has 3 aromatic carbocycles. The molecule has 5 heteroatoms. The molecule has 0 unspecified atom stereocenters. The van der Waals surface area contributed by atoms with Gasteiger partial charge in [-0.05, 0) is 36.8 Å². The summed E-state index contributed by atoms with van der Waals surface area (Å²) in [5.74, 6) is 0.423. The Hall–Kier alpha value is -3.60. The van der Waals surface area contributed by atoms with E-state index in [2.05, 4.69) is 10.6 Å². The summed E-state index contributed by atoms with van der Waals surface area (Å²) in [6, 6.07) is 23.2. The summed E-state index contributed by atoms with van der Waals surface area (Å²) in [6.45, 7) is 1.50. The Kier molecular flexibility index (Phi) is 6.07. The third-order valence-electron chi connectivity index (χ3n) is 4.31. The third-order valence-corrected chi connectivity index (χ3v) is 4.31. The minimum Gasteiger partial charge on any atom is -0.497 e. The molecule has 0 fully saturated rings. The van der Waals surface area contributed by atoms with Crippen molar-refractivity contribution >= 4 is 23.1 Å². The maximum atomic E-state index is 13.1. The minimum atomic E-state index is -0.616. The molecule has 0 heterocycles. The summed E-state index contributed by atoms with van der Waals surface area (Å²) in [5, 5.41) is 6.17. The molecule has 2 N–H and O–H groups in total. The van der Waals surface area contributed by atoms with Crippen molar-refractivity contribution in [1.82, 2.24) is 0 Å². The van der Waals surface area contributed by atoms with Gasteiger partial charge >= 0.3 is 0 Å². The summed E-state index contributed by atoms with van der Waals surface area (Å²) < 4.78 is 5.26. The van der Waals surface area contributed by atoms with Gasteiger partial charge in [0.15, 0.2) is 5.78 Å². The Morgan fingerprint density at radius 1 is 0.857 bits per heavy atom. The van der Waals surface area contributed by atoms with Gasteiger partial charge in [-0.15, -0.1) is 0 Å². The first-order chi connectivity index (χ1) is 13.6. The lowest BCUT2D eigenvalue weighted by Crippen LogP contribution is -2.27. The molecule has 0 aliphatic carbocycles. The van der Waals surface area contributed by atoms with Crippen LogP contribution in [-0.2, 0) is 4.79 Å². The molecule has 0 aliphatic heterocycles. The lowest BCUT2D eigenvalue weighted by molar-refractivity contribution is -0.117. The number of anilines is 2. The first-order valence-corrected chi connectivity index (χ1v) is 8.94. The van der Waals surface area contributed by atoms with Crippen LogP contribution in [0, 0.1) is 0 Å². The van der Waals surface area contributed by atoms with Crippen LogP contribution < -0.4 is 15.4 Å². The van der Waals surface area contributed by atoms with Gasteiger partial charge in [0.05, 0.1) is 7.11 Å². The lowest BCUT2D eigenvalue weighted by Gasteiger charge is -2.20. The Morgan fingerprint density at radius 2 is 1.57 bits per heavy atom. The monoisotopic (exact) mass is 374 g/mol. The zero-order valence-electron chi connectivity index (χ0n) is 15.8. The Bertz CT molecular complexity index is 970. The van der Waals surface area contributed by atoms with Gasteiger partial charge in [0.25, 0.3) is 5.91 Å². The topological polar surface area (TPSA) is 67.4 Å². The number of nitrogens with one attached hydrogen (secondary N) is 2. The highest BCUT2D eigenvalue weighted by molar-refractivity contribution is 5.99. The van der Waals surface area contributed by atoms with Crippen LogP contribution in [-0.4, -0.2) is 18.8 Å². The van der Waals surface area contributed by atoms with Crippen molar-refractivity contribution < 1.29 is 14.3 Å². The van der Waals surface area contributed by atoms with Crippen LogP contribution in [0.4, 0.5) is 11.4 Å². The van der Waals surface area contributed by atoms with E-state index >= 15 is 0 Å². The zero-order chi connectivity index (χ0) is 19.9. The zero-order valence-corrected chi connectivity index (χ0v) is 15.8. The van der Waals surface area contributed by atoms with E-state index in [-0.39, 0.29) is 11.7 Å². The number of benzene rings is 3. The van der Waals surface area contributed by atoms with Crippen LogP contribution in [0.2, 0.25) is 0 Å². The predicted molar refractivity (Wildman–Crippen MR) is 111 cm³/mol. The second-order valence-electron chi connectivity index (χ2n) is 6.35. The highest BCUT2D eigenvalue weighted by atomic mass is 16.5. The maximum absolute atomic E-state index is 13.1. The van der Waals surface area contributed by atoms with Crippen LogP contribution in [0.15, 0.2) is 78.9 Å². The van der Waals surface area contributed by atoms with Crippen molar-refractivity contribution in [1.29, 1.82) is 0 Å². The van der Waals surface area contributed by atoms with Crippen LogP contribution in [0.1, 0.15) is 28.9 Å². The number of ether oxygens (including phenoxy) is 1. The molecule has 0 saturated carbocycles. The average Bonchev–Trinajstić information content (AvgIpc) is 2.73. The molecule has 3 rings (SSSR count). The second-order valence-corrected chi connectivity index (χ2v) is 6.35. The largest absolute Gasteiger partial charge is 0.497 e. The molecule has 1 atom stereocenters. The van der Waals surface area contributed by atoms with Crippen molar-refractivity contribution in [3.05, 3.63) is 90.0 Å². The minimum absolute atomic E-state index is 0.0507. The molecular weight excluding hydrogens is 352 g/mol. The molecule has 142 valence electrons. The number of amides is 1. The summed E-state index contributed by atoms with van der Waals surface area (Å²) in [4.78, 5) is 24.7. The van der Waals surface area contributed by atoms with E-state index in [4.69, 9.17) is 4.74 Å². The smallest absolute Gasteiger partial charge is 0.251 e. The maximum Gasteiger partial charge on any atom is 0.251 e. The molecule has 0 aliphatic rings. The average molecular weight is 374 g/mol. The van der Waals surface area contributed by atoms with E-state index in [1.807, 2.05) is 54.6 Å². The normalized spacial score (nSPS) is 11.4. The number of Topliss-reactive ketones (excluding diaryl/α,β-unsaturated/α-hetero) is 1. The van der Waals surface area contributed by atoms with Gasteiger partial charge in [0, 0.05) is 23.0 Å². The van der Waals surface area contributed by atoms with E-state index in [9.17, 15) is 9.59 Å². The summed E-state index contributed by atoms with van der Waals surface area (Å²) in [5.41, 5.74) is 2.72. The highest BCUT2D eigenvalue weighted by Crippen LogP contribution is 2.24. The van der Waals surface area contributed by atoms with Crippen LogP contribution >= 0.6 is 0 Å². The SMILES string of the molecule is COc1cccc(N[C@@H](C(=O)Nc2cccc(C(C)=O)c2)c2ccccc2)c1. The summed E-state index contributed by atoms with van der Waals surface area (Å²) in [7, 11) is 1.60. The fourth-order valence-electron chi connectivity index (χ4n) is 2.86. The summed E-state index contributed by atoms with van der Waals surface area (Å²) in [6.07, 6.45) is 0. The first-order valence-electron chi connectivity index (χ1n) is 8.94. The number of rotatable bonds is 7. The number of carbonyl (C=O) groups is 2. The van der Waals surface area contributed by atoms with E-state index < -0.39 is 6.04 Å². The second kappa shape index (κ2) is 8.86. The van der Waals surface area contributed by atoms with E-state index in [1.54, 1.807) is 31.4 Å². The van der Waals surface area contributed by atoms with E-state index in [0.717, 1.165) is 11.3 Å². The van der Waals surface area contributed by atoms with Crippen molar-refractivity contribution in [3.63, 3.8) is 0 Å². The molecule has 0 aromatic heterocycles. The molecule has 1 amide bonds. The summed E-state index contributed by atoms with van der Waals surface area (Å²) >= 11 is 0. The van der Waals surface area contributed by atoms with Crippen LogP contribution in [0.25, 0.3) is 0 Å². The van der Waals surface area contributed by atoms with Gasteiger partial charge in [-0.2, -0.15) is 0 Å². The lowest BCUT2D eigenvalue weighted by atomic mass is 10.0. The fraction of sp³-hybridized carbons (Fsp3) is 0.130. The van der Waals surface area contributed by atoms with Crippen molar-refractivity contribution in [2.75, 3.05) is 17.7 Å². The van der Waals surface area contributed by atoms with E-state index in [0.29, 0.717) is 17.0 Å². The number of hydrogen-bond acceptors (Lipinski definition) is 4. The molecule has 0 radical (unpaired) electrons. The van der Waals surface area contributed by atoms with Crippen molar-refractivity contribution in [2.24, 2.45) is 0 Å². The Balaban J connectivity index is 1.87. The van der Waals surface area contributed by atoms with Gasteiger partial charge in [-0.3, -0.25) is 9.59 Å². The van der Waals surface area contributed by atoms with E-state index in [1.165, 1.54) is 6.92 Å². The molecule has 5 nitrogen and oxygen atoms in total. The van der Waals surface area contributed by atoms with Gasteiger partial charge in [-0.1, -0.05) is 48.5 Å². The van der Waals surface area contributed by atoms with Gasteiger partial charge in [-0.25, -0.2) is 0 Å². The quantitative estimate of drug-likeness (QED) is 0.589.